The second kappa shape index (κ2) is 9.59. The number of hydrogen-bond acceptors (Lipinski definition) is 5. The minimum atomic E-state index is -4.08. The van der Waals surface area contributed by atoms with E-state index in [9.17, 15) is 23.6 Å². The summed E-state index contributed by atoms with van der Waals surface area (Å²) in [6.07, 6.45) is -1.25. The van der Waals surface area contributed by atoms with E-state index in [0.717, 1.165) is 10.0 Å². The Morgan fingerprint density at radius 1 is 0.892 bits per heavy atom. The van der Waals surface area contributed by atoms with E-state index in [-0.39, 0.29) is 10.6 Å². The molecule has 1 unspecified atom stereocenters. The smallest absolute Gasteiger partial charge is 0.269 e. The van der Waals surface area contributed by atoms with Crippen LogP contribution in [-0.4, -0.2) is 22.4 Å². The number of aromatic nitrogens is 1. The number of para-hydroxylation sites is 1. The molecule has 0 saturated carbocycles. The minimum Gasteiger partial charge on any atom is -0.384 e. The molecule has 186 valence electrons. The molecule has 7 nitrogen and oxygen atoms in total. The van der Waals surface area contributed by atoms with Crippen LogP contribution >= 0.6 is 15.9 Å². The van der Waals surface area contributed by atoms with Gasteiger partial charge in [-0.15, -0.1) is 0 Å². The van der Waals surface area contributed by atoms with E-state index in [1.165, 1.54) is 28.2 Å². The molecule has 5 rings (SSSR count). The highest BCUT2D eigenvalue weighted by molar-refractivity contribution is 9.10. The van der Waals surface area contributed by atoms with Crippen LogP contribution in [0.4, 0.5) is 5.69 Å². The normalized spacial score (nSPS) is 12.5. The van der Waals surface area contributed by atoms with Gasteiger partial charge in [0.05, 0.1) is 21.0 Å². The highest BCUT2D eigenvalue weighted by Gasteiger charge is 2.31. The molecule has 0 bridgehead atoms. The van der Waals surface area contributed by atoms with Gasteiger partial charge in [0.2, 0.25) is 0 Å². The molecule has 37 heavy (non-hydrogen) atoms. The van der Waals surface area contributed by atoms with Crippen LogP contribution in [0.1, 0.15) is 22.8 Å². The lowest BCUT2D eigenvalue weighted by Gasteiger charge is -2.17. The highest BCUT2D eigenvalue weighted by Crippen LogP contribution is 2.42. The minimum absolute atomic E-state index is 0.103. The maximum Gasteiger partial charge on any atom is 0.269 e. The molecule has 0 saturated heterocycles. The van der Waals surface area contributed by atoms with Gasteiger partial charge in [-0.1, -0.05) is 64.0 Å². The fraction of sp³-hybridized carbons (Fsp3) is 0.0714. The fourth-order valence-electron chi connectivity index (χ4n) is 4.40. The average Bonchev–Trinajstić information content (AvgIpc) is 3.25. The third kappa shape index (κ3) is 4.46. The van der Waals surface area contributed by atoms with Crippen molar-refractivity contribution in [2.75, 3.05) is 0 Å². The fourth-order valence-corrected chi connectivity index (χ4v) is 6.22. The number of nitro groups is 1. The standard InChI is InChI=1S/C28H21BrN2O5S/c1-18-6-16-23(17-7-18)37(35,36)30-25-5-3-2-4-24(25)26(27(30)19-8-12-21(29)13-9-19)28(32)20-10-14-22(15-11-20)31(33)34/h2-17,28,32H,1H3. The molecule has 1 aromatic heterocycles. The maximum absolute atomic E-state index is 14.1. The lowest BCUT2D eigenvalue weighted by atomic mass is 9.95. The zero-order valence-corrected chi connectivity index (χ0v) is 22.0. The van der Waals surface area contributed by atoms with Gasteiger partial charge in [-0.25, -0.2) is 12.4 Å². The molecular weight excluding hydrogens is 556 g/mol. The zero-order chi connectivity index (χ0) is 26.3. The van der Waals surface area contributed by atoms with Crippen LogP contribution in [0.25, 0.3) is 22.2 Å². The molecule has 0 aliphatic carbocycles. The second-order valence-electron chi connectivity index (χ2n) is 8.62. The summed E-state index contributed by atoms with van der Waals surface area (Å²) in [6, 6.07) is 26.4. The molecular formula is C28H21BrN2O5S. The monoisotopic (exact) mass is 576 g/mol. The van der Waals surface area contributed by atoms with Crippen molar-refractivity contribution in [2.24, 2.45) is 0 Å². The number of non-ortho nitro benzene ring substituents is 1. The van der Waals surface area contributed by atoms with Crippen LogP contribution in [-0.2, 0) is 10.0 Å². The Balaban J connectivity index is 1.84. The predicted molar refractivity (Wildman–Crippen MR) is 146 cm³/mol. The van der Waals surface area contributed by atoms with E-state index in [1.54, 1.807) is 72.8 Å². The first-order valence-electron chi connectivity index (χ1n) is 11.3. The molecule has 0 aliphatic heterocycles. The number of nitro benzene ring substituents is 1. The topological polar surface area (TPSA) is 102 Å². The Labute approximate surface area is 222 Å². The van der Waals surface area contributed by atoms with Gasteiger partial charge >= 0.3 is 0 Å². The highest BCUT2D eigenvalue weighted by atomic mass is 79.9. The quantitative estimate of drug-likeness (QED) is 0.181. The zero-order valence-electron chi connectivity index (χ0n) is 19.6. The molecule has 4 aromatic carbocycles. The van der Waals surface area contributed by atoms with Crippen LogP contribution in [0.3, 0.4) is 0 Å². The number of nitrogens with zero attached hydrogens (tertiary/aromatic N) is 2. The van der Waals surface area contributed by atoms with E-state index >= 15 is 0 Å². The summed E-state index contributed by atoms with van der Waals surface area (Å²) < 4.78 is 30.3. The largest absolute Gasteiger partial charge is 0.384 e. The number of rotatable bonds is 6. The van der Waals surface area contributed by atoms with E-state index < -0.39 is 21.1 Å². The van der Waals surface area contributed by atoms with Crippen molar-refractivity contribution in [3.8, 4) is 11.3 Å². The van der Waals surface area contributed by atoms with Crippen LogP contribution in [0, 0.1) is 17.0 Å². The van der Waals surface area contributed by atoms with Gasteiger partial charge in [-0.2, -0.15) is 0 Å². The summed E-state index contributed by atoms with van der Waals surface area (Å²) in [7, 11) is -4.08. The SMILES string of the molecule is Cc1ccc(S(=O)(=O)n2c(-c3ccc(Br)cc3)c(C(O)c3ccc([N+](=O)[O-])cc3)c3ccccc32)cc1. The molecule has 1 heterocycles. The molecule has 5 aromatic rings. The van der Waals surface area contributed by atoms with Crippen LogP contribution in [0.2, 0.25) is 0 Å². The summed E-state index contributed by atoms with van der Waals surface area (Å²) in [6.45, 7) is 1.88. The predicted octanol–water partition coefficient (Wildman–Crippen LogP) is 6.61. The lowest BCUT2D eigenvalue weighted by molar-refractivity contribution is -0.384. The summed E-state index contributed by atoms with van der Waals surface area (Å²) in [5, 5.41) is 23.3. The number of hydrogen-bond donors (Lipinski definition) is 1. The van der Waals surface area contributed by atoms with Crippen LogP contribution in [0.5, 0.6) is 0 Å². The molecule has 1 N–H and O–H groups in total. The summed E-state index contributed by atoms with van der Waals surface area (Å²) in [5.41, 5.74) is 2.94. The van der Waals surface area contributed by atoms with E-state index in [0.29, 0.717) is 33.3 Å². The van der Waals surface area contributed by atoms with Crippen molar-refractivity contribution < 1.29 is 18.4 Å². The maximum atomic E-state index is 14.1. The van der Waals surface area contributed by atoms with Crippen molar-refractivity contribution in [1.82, 2.24) is 3.97 Å². The van der Waals surface area contributed by atoms with E-state index in [2.05, 4.69) is 15.9 Å². The molecule has 1 atom stereocenters. The number of fused-ring (bicyclic) bond motifs is 1. The van der Waals surface area contributed by atoms with Gasteiger partial charge < -0.3 is 5.11 Å². The van der Waals surface area contributed by atoms with Crippen LogP contribution < -0.4 is 0 Å². The number of benzene rings is 4. The Hall–Kier alpha value is -3.79. The van der Waals surface area contributed by atoms with Crippen molar-refractivity contribution in [3.05, 3.63) is 128 Å². The summed E-state index contributed by atoms with van der Waals surface area (Å²) in [4.78, 5) is 10.7. The summed E-state index contributed by atoms with van der Waals surface area (Å²) >= 11 is 3.43. The van der Waals surface area contributed by atoms with Crippen LogP contribution in [0.15, 0.2) is 106 Å². The van der Waals surface area contributed by atoms with E-state index in [1.807, 2.05) is 6.92 Å². The molecule has 0 amide bonds. The number of aryl methyl sites for hydroxylation is 1. The van der Waals surface area contributed by atoms with Crippen molar-refractivity contribution in [3.63, 3.8) is 0 Å². The number of halogens is 1. The van der Waals surface area contributed by atoms with Gasteiger partial charge in [0.1, 0.15) is 6.10 Å². The average molecular weight is 577 g/mol. The lowest BCUT2D eigenvalue weighted by Crippen LogP contribution is -2.15. The molecule has 0 fully saturated rings. The Bertz CT molecular complexity index is 1730. The first-order chi connectivity index (χ1) is 17.7. The molecule has 0 spiro atoms. The van der Waals surface area contributed by atoms with Crippen molar-refractivity contribution >= 4 is 42.5 Å². The van der Waals surface area contributed by atoms with Gasteiger partial charge in [-0.05, 0) is 60.5 Å². The van der Waals surface area contributed by atoms with Gasteiger partial charge in [0.25, 0.3) is 15.7 Å². The molecule has 0 radical (unpaired) electrons. The van der Waals surface area contributed by atoms with Crippen molar-refractivity contribution in [1.29, 1.82) is 0 Å². The number of aliphatic hydroxyl groups is 1. The van der Waals surface area contributed by atoms with Gasteiger partial charge in [0.15, 0.2) is 0 Å². The van der Waals surface area contributed by atoms with Gasteiger partial charge in [-0.3, -0.25) is 10.1 Å². The summed E-state index contributed by atoms with van der Waals surface area (Å²) in [5.74, 6) is 0. The third-order valence-electron chi connectivity index (χ3n) is 6.24. The van der Waals surface area contributed by atoms with E-state index in [4.69, 9.17) is 0 Å². The third-order valence-corrected chi connectivity index (χ3v) is 8.50. The Morgan fingerprint density at radius 3 is 2.14 bits per heavy atom. The second-order valence-corrected chi connectivity index (χ2v) is 11.3. The van der Waals surface area contributed by atoms with Crippen molar-refractivity contribution in [2.45, 2.75) is 17.9 Å². The Kier molecular flexibility index (Phi) is 6.45. The van der Waals surface area contributed by atoms with Gasteiger partial charge in [0, 0.05) is 27.6 Å². The Morgan fingerprint density at radius 2 is 1.51 bits per heavy atom. The first-order valence-corrected chi connectivity index (χ1v) is 13.6. The molecule has 9 heteroatoms. The number of aliphatic hydroxyl groups excluding tert-OH is 1. The molecule has 0 aliphatic rings. The first kappa shape index (κ1) is 24.9.